The summed E-state index contributed by atoms with van der Waals surface area (Å²) in [6, 6.07) is 11.2. The van der Waals surface area contributed by atoms with Gasteiger partial charge in [-0.05, 0) is 31.2 Å². The van der Waals surface area contributed by atoms with Gasteiger partial charge in [-0.1, -0.05) is 0 Å². The van der Waals surface area contributed by atoms with E-state index in [1.165, 1.54) is 6.33 Å². The van der Waals surface area contributed by atoms with Crippen LogP contribution in [0.1, 0.15) is 17.1 Å². The molecule has 2 heterocycles. The fourth-order valence-electron chi connectivity index (χ4n) is 2.27. The van der Waals surface area contributed by atoms with E-state index >= 15 is 0 Å². The number of nitrogens with zero attached hydrogens (tertiary/aromatic N) is 5. The molecule has 0 unspecified atom stereocenters. The molecule has 100 valence electrons. The lowest BCUT2D eigenvalue weighted by Crippen LogP contribution is -2.00. The average molecular weight is 274 g/mol. The Morgan fingerprint density at radius 3 is 2.71 bits per heavy atom. The topological polar surface area (TPSA) is 104 Å². The summed E-state index contributed by atoms with van der Waals surface area (Å²) in [5, 5.41) is 19.1. The van der Waals surface area contributed by atoms with Crippen molar-refractivity contribution >= 4 is 16.6 Å². The molecular weight excluding hydrogens is 264 g/mol. The molecule has 2 N–H and O–H groups in total. The quantitative estimate of drug-likeness (QED) is 0.684. The Hall–Kier alpha value is -3.38. The SMILES string of the molecule is Cc1cc(-n2cnc(C#N)c2C#N)c2cc(N)ccc2n1. The predicted octanol–water partition coefficient (Wildman–Crippen LogP) is 2.05. The summed E-state index contributed by atoms with van der Waals surface area (Å²) in [6.45, 7) is 1.87. The molecule has 0 saturated heterocycles. The number of anilines is 1. The minimum Gasteiger partial charge on any atom is -0.399 e. The van der Waals surface area contributed by atoms with Crippen molar-refractivity contribution in [2.45, 2.75) is 6.92 Å². The van der Waals surface area contributed by atoms with Crippen molar-refractivity contribution in [3.63, 3.8) is 0 Å². The van der Waals surface area contributed by atoms with E-state index in [1.807, 2.05) is 31.2 Å². The first-order valence-corrected chi connectivity index (χ1v) is 6.19. The normalized spacial score (nSPS) is 10.2. The van der Waals surface area contributed by atoms with E-state index in [-0.39, 0.29) is 11.4 Å². The van der Waals surface area contributed by atoms with Crippen molar-refractivity contribution in [1.82, 2.24) is 14.5 Å². The zero-order valence-electron chi connectivity index (χ0n) is 11.2. The van der Waals surface area contributed by atoms with Crippen LogP contribution >= 0.6 is 0 Å². The predicted molar refractivity (Wildman–Crippen MR) is 77.4 cm³/mol. The highest BCUT2D eigenvalue weighted by Crippen LogP contribution is 2.26. The molecule has 21 heavy (non-hydrogen) atoms. The van der Waals surface area contributed by atoms with Crippen LogP contribution in [0.4, 0.5) is 5.69 Å². The zero-order valence-corrected chi connectivity index (χ0v) is 11.2. The van der Waals surface area contributed by atoms with Gasteiger partial charge in [0.15, 0.2) is 11.4 Å². The summed E-state index contributed by atoms with van der Waals surface area (Å²) in [7, 11) is 0. The van der Waals surface area contributed by atoms with Gasteiger partial charge in [0.25, 0.3) is 0 Å². The number of fused-ring (bicyclic) bond motifs is 1. The summed E-state index contributed by atoms with van der Waals surface area (Å²) in [5.41, 5.74) is 9.06. The standard InChI is InChI=1S/C15H10N6/c1-9-4-14(11-5-10(18)2-3-12(11)20-9)21-8-19-13(6-16)15(21)7-17/h2-5,8H,18H2,1H3. The summed E-state index contributed by atoms with van der Waals surface area (Å²) in [5.74, 6) is 0. The van der Waals surface area contributed by atoms with Crippen LogP contribution in [0.3, 0.4) is 0 Å². The molecule has 0 atom stereocenters. The molecule has 0 spiro atoms. The van der Waals surface area contributed by atoms with E-state index in [0.717, 1.165) is 22.3 Å². The van der Waals surface area contributed by atoms with Crippen LogP contribution in [-0.4, -0.2) is 14.5 Å². The third kappa shape index (κ3) is 1.96. The smallest absolute Gasteiger partial charge is 0.177 e. The first-order chi connectivity index (χ1) is 10.1. The molecule has 6 nitrogen and oxygen atoms in total. The molecule has 0 saturated carbocycles. The largest absolute Gasteiger partial charge is 0.399 e. The summed E-state index contributed by atoms with van der Waals surface area (Å²) in [6.07, 6.45) is 1.47. The van der Waals surface area contributed by atoms with Crippen molar-refractivity contribution in [3.05, 3.63) is 47.7 Å². The molecule has 6 heteroatoms. The molecule has 1 aromatic carbocycles. The number of aromatic nitrogens is 3. The monoisotopic (exact) mass is 274 g/mol. The number of benzene rings is 1. The number of aryl methyl sites for hydroxylation is 1. The third-order valence-electron chi connectivity index (χ3n) is 3.18. The number of nitrogen functional groups attached to an aromatic ring is 1. The summed E-state index contributed by atoms with van der Waals surface area (Å²) in [4.78, 5) is 8.42. The number of hydrogen-bond acceptors (Lipinski definition) is 5. The van der Waals surface area contributed by atoms with E-state index in [9.17, 15) is 5.26 Å². The van der Waals surface area contributed by atoms with Gasteiger partial charge in [0.1, 0.15) is 18.5 Å². The molecule has 0 radical (unpaired) electrons. The molecule has 0 aliphatic heterocycles. The van der Waals surface area contributed by atoms with Gasteiger partial charge in [-0.3, -0.25) is 9.55 Å². The van der Waals surface area contributed by atoms with Gasteiger partial charge in [-0.15, -0.1) is 0 Å². The maximum absolute atomic E-state index is 9.27. The number of rotatable bonds is 1. The lowest BCUT2D eigenvalue weighted by atomic mass is 10.1. The van der Waals surface area contributed by atoms with E-state index in [1.54, 1.807) is 16.7 Å². The average Bonchev–Trinajstić information content (AvgIpc) is 2.89. The van der Waals surface area contributed by atoms with Crippen LogP contribution in [-0.2, 0) is 0 Å². The second-order valence-corrected chi connectivity index (χ2v) is 4.59. The Morgan fingerprint density at radius 1 is 1.19 bits per heavy atom. The molecule has 2 aromatic heterocycles. The molecule has 3 rings (SSSR count). The van der Waals surface area contributed by atoms with Crippen molar-refractivity contribution in [3.8, 4) is 17.8 Å². The number of pyridine rings is 1. The van der Waals surface area contributed by atoms with Crippen LogP contribution in [0.5, 0.6) is 0 Å². The van der Waals surface area contributed by atoms with Crippen LogP contribution in [0.25, 0.3) is 16.6 Å². The Bertz CT molecular complexity index is 939. The summed E-state index contributed by atoms with van der Waals surface area (Å²) < 4.78 is 1.59. The van der Waals surface area contributed by atoms with Gasteiger partial charge in [0.05, 0.1) is 11.2 Å². The molecule has 0 fully saturated rings. The van der Waals surface area contributed by atoms with Gasteiger partial charge < -0.3 is 5.73 Å². The maximum atomic E-state index is 9.27. The van der Waals surface area contributed by atoms with Crippen molar-refractivity contribution in [2.24, 2.45) is 0 Å². The van der Waals surface area contributed by atoms with Gasteiger partial charge >= 0.3 is 0 Å². The lowest BCUT2D eigenvalue weighted by Gasteiger charge is -2.10. The third-order valence-corrected chi connectivity index (χ3v) is 3.18. The Kier molecular flexibility index (Phi) is 2.78. The first kappa shape index (κ1) is 12.6. The van der Waals surface area contributed by atoms with E-state index in [0.29, 0.717) is 5.69 Å². The molecule has 0 bridgehead atoms. The van der Waals surface area contributed by atoms with Crippen LogP contribution in [0.2, 0.25) is 0 Å². The molecule has 0 aliphatic rings. The van der Waals surface area contributed by atoms with Gasteiger partial charge in [0.2, 0.25) is 0 Å². The minimum absolute atomic E-state index is 0.101. The Labute approximate surface area is 120 Å². The second-order valence-electron chi connectivity index (χ2n) is 4.59. The van der Waals surface area contributed by atoms with Crippen LogP contribution in [0, 0.1) is 29.6 Å². The number of imidazole rings is 1. The molecule has 0 aliphatic carbocycles. The van der Waals surface area contributed by atoms with Crippen molar-refractivity contribution in [2.75, 3.05) is 5.73 Å². The lowest BCUT2D eigenvalue weighted by molar-refractivity contribution is 1.03. The number of hydrogen-bond donors (Lipinski definition) is 1. The Morgan fingerprint density at radius 2 is 2.00 bits per heavy atom. The fraction of sp³-hybridized carbons (Fsp3) is 0.0667. The highest BCUT2D eigenvalue weighted by atomic mass is 15.1. The Balaban J connectivity index is 2.41. The fourth-order valence-corrected chi connectivity index (χ4v) is 2.27. The molecular formula is C15H10N6. The van der Waals surface area contributed by atoms with E-state index < -0.39 is 0 Å². The van der Waals surface area contributed by atoms with E-state index in [2.05, 4.69) is 9.97 Å². The maximum Gasteiger partial charge on any atom is 0.177 e. The zero-order chi connectivity index (χ0) is 15.0. The molecule has 3 aromatic rings. The second kappa shape index (κ2) is 4.62. The minimum atomic E-state index is 0.101. The highest BCUT2D eigenvalue weighted by Gasteiger charge is 2.14. The van der Waals surface area contributed by atoms with Crippen LogP contribution < -0.4 is 5.73 Å². The molecule has 0 amide bonds. The van der Waals surface area contributed by atoms with Crippen LogP contribution in [0.15, 0.2) is 30.6 Å². The highest BCUT2D eigenvalue weighted by molar-refractivity contribution is 5.90. The summed E-state index contributed by atoms with van der Waals surface area (Å²) >= 11 is 0. The van der Waals surface area contributed by atoms with Crippen molar-refractivity contribution < 1.29 is 0 Å². The van der Waals surface area contributed by atoms with Crippen molar-refractivity contribution in [1.29, 1.82) is 10.5 Å². The first-order valence-electron chi connectivity index (χ1n) is 6.19. The van der Waals surface area contributed by atoms with Gasteiger partial charge in [-0.25, -0.2) is 4.98 Å². The van der Waals surface area contributed by atoms with Gasteiger partial charge in [-0.2, -0.15) is 10.5 Å². The number of nitriles is 2. The number of nitrogens with two attached hydrogens (primary N) is 1. The van der Waals surface area contributed by atoms with Gasteiger partial charge in [0, 0.05) is 16.8 Å². The van der Waals surface area contributed by atoms with E-state index in [4.69, 9.17) is 11.0 Å².